The van der Waals surface area contributed by atoms with Gasteiger partial charge >= 0.3 is 5.97 Å². The third-order valence-corrected chi connectivity index (χ3v) is 5.06. The maximum absolute atomic E-state index is 13.2. The van der Waals surface area contributed by atoms with Crippen LogP contribution in [0.4, 0.5) is 10.1 Å². The van der Waals surface area contributed by atoms with Crippen molar-refractivity contribution in [2.24, 2.45) is 4.99 Å². The highest BCUT2D eigenvalue weighted by molar-refractivity contribution is 8.18. The molecule has 6 nitrogen and oxygen atoms in total. The molecule has 2 aromatic rings. The maximum Gasteiger partial charge on any atom is 0.344 e. The first-order chi connectivity index (χ1) is 14.4. The molecule has 0 atom stereocenters. The van der Waals surface area contributed by atoms with Crippen LogP contribution in [0.3, 0.4) is 0 Å². The molecule has 0 amide bonds. The summed E-state index contributed by atoms with van der Waals surface area (Å²) in [7, 11) is 0. The summed E-state index contributed by atoms with van der Waals surface area (Å²) < 4.78 is 23.6. The van der Waals surface area contributed by atoms with Crippen molar-refractivity contribution in [1.82, 2.24) is 0 Å². The molecule has 8 heteroatoms. The minimum Gasteiger partial charge on any atom is -0.506 e. The van der Waals surface area contributed by atoms with Gasteiger partial charge in [-0.15, -0.1) is 0 Å². The van der Waals surface area contributed by atoms with Crippen molar-refractivity contribution in [3.63, 3.8) is 0 Å². The van der Waals surface area contributed by atoms with E-state index in [1.165, 1.54) is 30.3 Å². The Morgan fingerprint density at radius 1 is 1.13 bits per heavy atom. The number of carbonyl (C=O) groups excluding carboxylic acids is 1. The van der Waals surface area contributed by atoms with Gasteiger partial charge in [-0.1, -0.05) is 23.9 Å². The average Bonchev–Trinajstić information content (AvgIpc) is 3.02. The predicted molar refractivity (Wildman–Crippen MR) is 115 cm³/mol. The van der Waals surface area contributed by atoms with Gasteiger partial charge in [0.05, 0.1) is 23.8 Å². The summed E-state index contributed by atoms with van der Waals surface area (Å²) in [5.41, 5.74) is 0.732. The molecular weight excluding hydrogens is 409 g/mol. The number of aromatic hydroxyl groups is 1. The third kappa shape index (κ3) is 4.65. The molecule has 156 valence electrons. The van der Waals surface area contributed by atoms with Crippen LogP contribution >= 0.6 is 11.8 Å². The molecule has 0 radical (unpaired) electrons. The van der Waals surface area contributed by atoms with Crippen LogP contribution in [-0.4, -0.2) is 34.4 Å². The number of benzene rings is 2. The number of aliphatic hydroxyl groups is 1. The fraction of sp³-hybridized carbons (Fsp3) is 0.182. The molecule has 1 aliphatic heterocycles. The number of aliphatic hydroxyl groups excluding tert-OH is 1. The Bertz CT molecular complexity index is 1040. The number of hydrogen-bond acceptors (Lipinski definition) is 7. The molecule has 0 fully saturated rings. The lowest BCUT2D eigenvalue weighted by molar-refractivity contribution is -0.138. The van der Waals surface area contributed by atoms with E-state index in [0.717, 1.165) is 11.8 Å². The largest absolute Gasteiger partial charge is 0.506 e. The van der Waals surface area contributed by atoms with Crippen molar-refractivity contribution in [2.75, 3.05) is 13.2 Å². The molecule has 0 saturated heterocycles. The van der Waals surface area contributed by atoms with Crippen LogP contribution in [-0.2, 0) is 9.53 Å². The lowest BCUT2D eigenvalue weighted by Crippen LogP contribution is -2.12. The van der Waals surface area contributed by atoms with E-state index in [1.807, 2.05) is 0 Å². The quantitative estimate of drug-likeness (QED) is 0.620. The van der Waals surface area contributed by atoms with E-state index in [0.29, 0.717) is 28.5 Å². The molecule has 2 N–H and O–H groups in total. The van der Waals surface area contributed by atoms with Gasteiger partial charge in [0.2, 0.25) is 0 Å². The number of rotatable bonds is 6. The van der Waals surface area contributed by atoms with Crippen molar-refractivity contribution in [3.8, 4) is 11.5 Å². The standard InChI is InChI=1S/C22H20FNO5S/c1-3-28-16-7-5-6-13(19(16)25)12-17-20(26)18(22(27)29-4-2)21(30-17)24-15-10-8-14(23)9-11-15/h5-12,25-26H,3-4H2,1-2H3. The van der Waals surface area contributed by atoms with Crippen LogP contribution in [0, 0.1) is 5.82 Å². The monoisotopic (exact) mass is 429 g/mol. The number of aliphatic imine (C=N–C) groups is 1. The number of para-hydroxylation sites is 1. The number of esters is 1. The highest BCUT2D eigenvalue weighted by atomic mass is 32.2. The number of ether oxygens (including phenoxy) is 2. The van der Waals surface area contributed by atoms with Crippen molar-refractivity contribution < 1.29 is 28.9 Å². The van der Waals surface area contributed by atoms with Gasteiger partial charge in [0, 0.05) is 5.56 Å². The maximum atomic E-state index is 13.2. The summed E-state index contributed by atoms with van der Waals surface area (Å²) in [6.45, 7) is 3.97. The van der Waals surface area contributed by atoms with Crippen LogP contribution in [0.15, 0.2) is 63.7 Å². The van der Waals surface area contributed by atoms with E-state index >= 15 is 0 Å². The molecule has 0 spiro atoms. The SMILES string of the molecule is CCOC(=O)C1=C(O)C(=Cc2cccc(OCC)c2O)SC1=Nc1ccc(F)cc1. The first kappa shape index (κ1) is 21.4. The molecular formula is C22H20FNO5S. The zero-order valence-corrected chi connectivity index (χ0v) is 17.2. The second-order valence-corrected chi connectivity index (χ2v) is 7.11. The van der Waals surface area contributed by atoms with Gasteiger partial charge in [-0.3, -0.25) is 0 Å². The Kier molecular flexibility index (Phi) is 6.79. The molecule has 30 heavy (non-hydrogen) atoms. The first-order valence-corrected chi connectivity index (χ1v) is 10.1. The first-order valence-electron chi connectivity index (χ1n) is 9.24. The molecule has 0 saturated carbocycles. The van der Waals surface area contributed by atoms with E-state index in [9.17, 15) is 19.4 Å². The van der Waals surface area contributed by atoms with Gasteiger partial charge in [0.25, 0.3) is 0 Å². The zero-order chi connectivity index (χ0) is 21.7. The Morgan fingerprint density at radius 2 is 1.87 bits per heavy atom. The number of phenols is 1. The number of hydrogen-bond donors (Lipinski definition) is 2. The van der Waals surface area contributed by atoms with Crippen LogP contribution in [0.2, 0.25) is 0 Å². The Balaban J connectivity index is 2.05. The highest BCUT2D eigenvalue weighted by Gasteiger charge is 2.33. The van der Waals surface area contributed by atoms with Crippen molar-refractivity contribution >= 4 is 34.5 Å². The Labute approximate surface area is 177 Å². The molecule has 0 unspecified atom stereocenters. The van der Waals surface area contributed by atoms with E-state index in [-0.39, 0.29) is 28.7 Å². The van der Waals surface area contributed by atoms with Crippen LogP contribution in [0.1, 0.15) is 19.4 Å². The van der Waals surface area contributed by atoms with Crippen LogP contribution in [0.5, 0.6) is 11.5 Å². The van der Waals surface area contributed by atoms with Crippen molar-refractivity contribution in [2.45, 2.75) is 13.8 Å². The predicted octanol–water partition coefficient (Wildman–Crippen LogP) is 5.12. The molecule has 1 aliphatic rings. The van der Waals surface area contributed by atoms with Gasteiger partial charge < -0.3 is 19.7 Å². The molecule has 0 aromatic heterocycles. The number of halogens is 1. The van der Waals surface area contributed by atoms with Crippen LogP contribution < -0.4 is 4.74 Å². The topological polar surface area (TPSA) is 88.4 Å². The highest BCUT2D eigenvalue weighted by Crippen LogP contribution is 2.42. The second-order valence-electron chi connectivity index (χ2n) is 6.08. The fourth-order valence-corrected chi connectivity index (χ4v) is 3.72. The van der Waals surface area contributed by atoms with Gasteiger partial charge in [0.1, 0.15) is 22.2 Å². The molecule has 3 rings (SSSR count). The van der Waals surface area contributed by atoms with Crippen molar-refractivity contribution in [3.05, 3.63) is 70.1 Å². The number of carbonyl (C=O) groups is 1. The molecule has 0 bridgehead atoms. The van der Waals surface area contributed by atoms with E-state index < -0.39 is 11.8 Å². The van der Waals surface area contributed by atoms with E-state index in [4.69, 9.17) is 9.47 Å². The summed E-state index contributed by atoms with van der Waals surface area (Å²) in [6.07, 6.45) is 1.53. The van der Waals surface area contributed by atoms with E-state index in [1.54, 1.807) is 32.0 Å². The summed E-state index contributed by atoms with van der Waals surface area (Å²) in [6, 6.07) is 10.4. The van der Waals surface area contributed by atoms with Gasteiger partial charge in [-0.2, -0.15) is 0 Å². The van der Waals surface area contributed by atoms with E-state index in [2.05, 4.69) is 4.99 Å². The van der Waals surface area contributed by atoms with Crippen LogP contribution in [0.25, 0.3) is 6.08 Å². The lowest BCUT2D eigenvalue weighted by Gasteiger charge is -2.08. The minimum absolute atomic E-state index is 0.0816. The Morgan fingerprint density at radius 3 is 2.53 bits per heavy atom. The average molecular weight is 429 g/mol. The summed E-state index contributed by atoms with van der Waals surface area (Å²) in [5.74, 6) is -1.21. The summed E-state index contributed by atoms with van der Waals surface area (Å²) >= 11 is 1.04. The second kappa shape index (κ2) is 9.49. The molecule has 2 aromatic carbocycles. The molecule has 1 heterocycles. The normalized spacial score (nSPS) is 16.4. The smallest absolute Gasteiger partial charge is 0.344 e. The summed E-state index contributed by atoms with van der Waals surface area (Å²) in [4.78, 5) is 17.1. The van der Waals surface area contributed by atoms with Gasteiger partial charge in [0.15, 0.2) is 11.5 Å². The Hall–Kier alpha value is -3.26. The number of phenolic OH excluding ortho intramolecular Hbond substituents is 1. The minimum atomic E-state index is -0.723. The van der Waals surface area contributed by atoms with Gasteiger partial charge in [-0.05, 0) is 50.3 Å². The number of thioether (sulfide) groups is 1. The van der Waals surface area contributed by atoms with Crippen molar-refractivity contribution in [1.29, 1.82) is 0 Å². The fourth-order valence-electron chi connectivity index (χ4n) is 2.69. The summed E-state index contributed by atoms with van der Waals surface area (Å²) in [5, 5.41) is 21.3. The van der Waals surface area contributed by atoms with Gasteiger partial charge in [-0.25, -0.2) is 14.2 Å². The lowest BCUT2D eigenvalue weighted by atomic mass is 10.1. The molecule has 0 aliphatic carbocycles. The zero-order valence-electron chi connectivity index (χ0n) is 16.4. The number of nitrogens with zero attached hydrogens (tertiary/aromatic N) is 1. The third-order valence-electron chi connectivity index (χ3n) is 4.04.